The lowest BCUT2D eigenvalue weighted by Crippen LogP contribution is -2.53. The van der Waals surface area contributed by atoms with E-state index in [1.807, 2.05) is 0 Å². The van der Waals surface area contributed by atoms with Gasteiger partial charge in [-0.05, 0) is 13.8 Å². The normalized spacial score (nSPS) is 11.2. The van der Waals surface area contributed by atoms with Gasteiger partial charge in [0.05, 0.1) is 12.7 Å². The average Bonchev–Trinajstić information content (AvgIpc) is 2.66. The maximum Gasteiger partial charge on any atom is 0.274 e. The summed E-state index contributed by atoms with van der Waals surface area (Å²) in [6.07, 6.45) is 1.46. The van der Waals surface area contributed by atoms with E-state index >= 15 is 0 Å². The van der Waals surface area contributed by atoms with Crippen LogP contribution < -0.4 is 16.8 Å². The minimum Gasteiger partial charge on any atom is -0.368 e. The monoisotopic (exact) mass is 240 g/mol. The molecular formula is C9H16N6O2. The predicted octanol–water partition coefficient (Wildman–Crippen LogP) is -1.77. The SMILES string of the molecule is CC(C)(NC(=O)c1cn(CCN)nn1)C(N)=O. The summed E-state index contributed by atoms with van der Waals surface area (Å²) in [5, 5.41) is 9.85. The molecule has 2 amide bonds. The van der Waals surface area contributed by atoms with Crippen molar-refractivity contribution in [2.45, 2.75) is 25.9 Å². The zero-order chi connectivity index (χ0) is 13.1. The Morgan fingerprint density at radius 1 is 1.53 bits per heavy atom. The second-order valence-electron chi connectivity index (χ2n) is 4.10. The lowest BCUT2D eigenvalue weighted by molar-refractivity contribution is -0.122. The van der Waals surface area contributed by atoms with Gasteiger partial charge in [0.15, 0.2) is 5.69 Å². The molecule has 1 heterocycles. The summed E-state index contributed by atoms with van der Waals surface area (Å²) in [7, 11) is 0. The number of hydrogen-bond acceptors (Lipinski definition) is 5. The Labute approximate surface area is 98.3 Å². The molecule has 8 heteroatoms. The Morgan fingerprint density at radius 3 is 2.71 bits per heavy atom. The Balaban J connectivity index is 2.73. The topological polar surface area (TPSA) is 129 Å². The van der Waals surface area contributed by atoms with E-state index in [0.717, 1.165) is 0 Å². The van der Waals surface area contributed by atoms with Crippen LogP contribution >= 0.6 is 0 Å². The van der Waals surface area contributed by atoms with Gasteiger partial charge in [-0.1, -0.05) is 5.21 Å². The standard InChI is InChI=1S/C9H16N6O2/c1-9(2,8(11)17)12-7(16)6-5-15(4-3-10)14-13-6/h5H,3-4,10H2,1-2H3,(H2,11,17)(H,12,16). The largest absolute Gasteiger partial charge is 0.368 e. The van der Waals surface area contributed by atoms with Crippen molar-refractivity contribution < 1.29 is 9.59 Å². The molecule has 0 aromatic carbocycles. The van der Waals surface area contributed by atoms with Crippen molar-refractivity contribution in [2.75, 3.05) is 6.54 Å². The highest BCUT2D eigenvalue weighted by molar-refractivity contribution is 5.96. The van der Waals surface area contributed by atoms with Crippen LogP contribution in [-0.4, -0.2) is 38.9 Å². The maximum absolute atomic E-state index is 11.7. The number of rotatable bonds is 5. The summed E-state index contributed by atoms with van der Waals surface area (Å²) in [6.45, 7) is 3.89. The van der Waals surface area contributed by atoms with Gasteiger partial charge in [0, 0.05) is 6.54 Å². The van der Waals surface area contributed by atoms with Crippen molar-refractivity contribution >= 4 is 11.8 Å². The number of primary amides is 1. The maximum atomic E-state index is 11.7. The van der Waals surface area contributed by atoms with Gasteiger partial charge in [-0.25, -0.2) is 0 Å². The first-order valence-electron chi connectivity index (χ1n) is 5.09. The van der Waals surface area contributed by atoms with Crippen LogP contribution in [0.5, 0.6) is 0 Å². The third-order valence-corrected chi connectivity index (χ3v) is 2.17. The van der Waals surface area contributed by atoms with Crippen molar-refractivity contribution in [1.82, 2.24) is 20.3 Å². The molecule has 0 aliphatic heterocycles. The van der Waals surface area contributed by atoms with Crippen LogP contribution in [0.2, 0.25) is 0 Å². The molecule has 0 radical (unpaired) electrons. The minimum atomic E-state index is -1.13. The molecule has 0 atom stereocenters. The van der Waals surface area contributed by atoms with E-state index in [4.69, 9.17) is 11.5 Å². The van der Waals surface area contributed by atoms with E-state index < -0.39 is 17.4 Å². The number of nitrogens with zero attached hydrogens (tertiary/aromatic N) is 3. The first-order chi connectivity index (χ1) is 7.86. The van der Waals surface area contributed by atoms with Gasteiger partial charge in [-0.2, -0.15) is 0 Å². The molecular weight excluding hydrogens is 224 g/mol. The molecule has 0 saturated carbocycles. The van der Waals surface area contributed by atoms with E-state index in [0.29, 0.717) is 13.1 Å². The molecule has 0 aliphatic rings. The van der Waals surface area contributed by atoms with Gasteiger partial charge in [0.25, 0.3) is 5.91 Å². The fraction of sp³-hybridized carbons (Fsp3) is 0.556. The van der Waals surface area contributed by atoms with E-state index in [2.05, 4.69) is 15.6 Å². The molecule has 0 saturated heterocycles. The smallest absolute Gasteiger partial charge is 0.274 e. The highest BCUT2D eigenvalue weighted by Gasteiger charge is 2.28. The predicted molar refractivity (Wildman–Crippen MR) is 59.8 cm³/mol. The Bertz CT molecular complexity index is 425. The number of nitrogens with two attached hydrogens (primary N) is 2. The van der Waals surface area contributed by atoms with E-state index in [-0.39, 0.29) is 5.69 Å². The molecule has 5 N–H and O–H groups in total. The molecule has 0 unspecified atom stereocenters. The van der Waals surface area contributed by atoms with Gasteiger partial charge >= 0.3 is 0 Å². The highest BCUT2D eigenvalue weighted by Crippen LogP contribution is 2.03. The van der Waals surface area contributed by atoms with Crippen molar-refractivity contribution in [3.05, 3.63) is 11.9 Å². The van der Waals surface area contributed by atoms with Crippen LogP contribution in [0.15, 0.2) is 6.20 Å². The molecule has 8 nitrogen and oxygen atoms in total. The summed E-state index contributed by atoms with van der Waals surface area (Å²) in [6, 6.07) is 0. The fourth-order valence-electron chi connectivity index (χ4n) is 1.05. The van der Waals surface area contributed by atoms with Crippen LogP contribution in [0, 0.1) is 0 Å². The lowest BCUT2D eigenvalue weighted by atomic mass is 10.1. The summed E-state index contributed by atoms with van der Waals surface area (Å²) in [4.78, 5) is 22.8. The van der Waals surface area contributed by atoms with Gasteiger partial charge in [-0.15, -0.1) is 5.10 Å². The highest BCUT2D eigenvalue weighted by atomic mass is 16.2. The van der Waals surface area contributed by atoms with Crippen molar-refractivity contribution in [1.29, 1.82) is 0 Å². The first-order valence-corrected chi connectivity index (χ1v) is 5.09. The molecule has 94 valence electrons. The van der Waals surface area contributed by atoms with E-state index in [1.54, 1.807) is 0 Å². The zero-order valence-electron chi connectivity index (χ0n) is 9.80. The quantitative estimate of drug-likeness (QED) is 0.561. The number of amides is 2. The number of carbonyl (C=O) groups excluding carboxylic acids is 2. The molecule has 0 spiro atoms. The third kappa shape index (κ3) is 3.25. The number of nitrogens with one attached hydrogen (secondary N) is 1. The van der Waals surface area contributed by atoms with Crippen molar-refractivity contribution in [3.8, 4) is 0 Å². The molecule has 0 aliphatic carbocycles. The van der Waals surface area contributed by atoms with E-state index in [1.165, 1.54) is 24.7 Å². The molecule has 0 fully saturated rings. The first kappa shape index (κ1) is 13.1. The number of hydrogen-bond donors (Lipinski definition) is 3. The summed E-state index contributed by atoms with van der Waals surface area (Å²) < 4.78 is 1.45. The number of aromatic nitrogens is 3. The Hall–Kier alpha value is -1.96. The van der Waals surface area contributed by atoms with Crippen LogP contribution in [-0.2, 0) is 11.3 Å². The van der Waals surface area contributed by atoms with Crippen LogP contribution in [0.1, 0.15) is 24.3 Å². The lowest BCUT2D eigenvalue weighted by Gasteiger charge is -2.21. The van der Waals surface area contributed by atoms with Crippen LogP contribution in [0.3, 0.4) is 0 Å². The second-order valence-corrected chi connectivity index (χ2v) is 4.10. The van der Waals surface area contributed by atoms with Crippen LogP contribution in [0.4, 0.5) is 0 Å². The average molecular weight is 240 g/mol. The van der Waals surface area contributed by atoms with E-state index in [9.17, 15) is 9.59 Å². The molecule has 17 heavy (non-hydrogen) atoms. The molecule has 1 rings (SSSR count). The van der Waals surface area contributed by atoms with Gasteiger partial charge in [-0.3, -0.25) is 14.3 Å². The van der Waals surface area contributed by atoms with Crippen molar-refractivity contribution in [2.24, 2.45) is 11.5 Å². The minimum absolute atomic E-state index is 0.118. The molecule has 0 bridgehead atoms. The van der Waals surface area contributed by atoms with Gasteiger partial charge in [0.2, 0.25) is 5.91 Å². The fourth-order valence-corrected chi connectivity index (χ4v) is 1.05. The number of carbonyl (C=O) groups is 2. The Morgan fingerprint density at radius 2 is 2.18 bits per heavy atom. The van der Waals surface area contributed by atoms with Gasteiger partial charge in [0.1, 0.15) is 5.54 Å². The summed E-state index contributed by atoms with van der Waals surface area (Å²) in [5.74, 6) is -1.13. The third-order valence-electron chi connectivity index (χ3n) is 2.17. The van der Waals surface area contributed by atoms with Crippen molar-refractivity contribution in [3.63, 3.8) is 0 Å². The van der Waals surface area contributed by atoms with Crippen LogP contribution in [0.25, 0.3) is 0 Å². The second kappa shape index (κ2) is 4.91. The Kier molecular flexibility index (Phi) is 3.79. The van der Waals surface area contributed by atoms with Gasteiger partial charge < -0.3 is 16.8 Å². The molecule has 1 aromatic heterocycles. The summed E-state index contributed by atoms with van der Waals surface area (Å²) in [5.41, 5.74) is 9.46. The zero-order valence-corrected chi connectivity index (χ0v) is 9.80. The molecule has 1 aromatic rings. The summed E-state index contributed by atoms with van der Waals surface area (Å²) >= 11 is 0.